The second-order valence-electron chi connectivity index (χ2n) is 33.5. The van der Waals surface area contributed by atoms with Gasteiger partial charge in [-0.15, -0.1) is 0 Å². The monoisotopic (exact) mass is 1410 g/mol. The average Bonchev–Trinajstić information content (AvgIpc) is 1.46. The minimum Gasteiger partial charge on any atom is -0.362 e. The highest BCUT2D eigenvalue weighted by Crippen LogP contribution is 2.45. The van der Waals surface area contributed by atoms with Crippen LogP contribution in [0.15, 0.2) is 156 Å². The second-order valence-corrected chi connectivity index (χ2v) is 36.7. The number of pyridine rings is 6. The van der Waals surface area contributed by atoms with Crippen LogP contribution in [0.1, 0.15) is 238 Å². The van der Waals surface area contributed by atoms with Gasteiger partial charge in [0.05, 0.1) is 46.0 Å². The third-order valence-corrected chi connectivity index (χ3v) is 22.5. The van der Waals surface area contributed by atoms with Gasteiger partial charge in [0.25, 0.3) is 31.9 Å². The Kier molecular flexibility index (Phi) is 20.9. The first kappa shape index (κ1) is 74.3. The molecule has 8 aromatic rings. The van der Waals surface area contributed by atoms with Gasteiger partial charge >= 0.3 is 0 Å². The number of amides is 2. The van der Waals surface area contributed by atoms with E-state index in [0.717, 1.165) is 84.4 Å². The maximum atomic E-state index is 14.3. The van der Waals surface area contributed by atoms with E-state index in [9.17, 15) is 26.4 Å². The number of carbonyl (C=O) groups is 2. The largest absolute Gasteiger partial charge is 0.362 e. The van der Waals surface area contributed by atoms with Crippen LogP contribution in [0.2, 0.25) is 0 Å². The molecule has 4 atom stereocenters. The summed E-state index contributed by atoms with van der Waals surface area (Å²) in [6, 6.07) is 41.4. The molecule has 4 N–H and O–H groups in total. The molecule has 2 amide bonds. The Morgan fingerprint density at radius 1 is 0.480 bits per heavy atom. The van der Waals surface area contributed by atoms with Gasteiger partial charge in [0, 0.05) is 47.4 Å². The molecule has 0 spiro atoms. The summed E-state index contributed by atoms with van der Waals surface area (Å²) in [7, 11) is -8.70. The topological polar surface area (TPSA) is 234 Å². The van der Waals surface area contributed by atoms with Crippen molar-refractivity contribution in [2.45, 2.75) is 217 Å². The van der Waals surface area contributed by atoms with E-state index in [1.54, 1.807) is 30.3 Å². The number of sulfonamides is 2. The Balaban J connectivity index is 0.000000205. The van der Waals surface area contributed by atoms with Gasteiger partial charge in [0.1, 0.15) is 23.3 Å². The van der Waals surface area contributed by atoms with Gasteiger partial charge in [-0.2, -0.15) is 16.8 Å². The number of nitrogens with zero attached hydrogens (tertiary/aromatic N) is 8. The van der Waals surface area contributed by atoms with Crippen LogP contribution in [0, 0.1) is 11.8 Å². The van der Waals surface area contributed by atoms with E-state index in [4.69, 9.17) is 19.9 Å². The molecule has 20 heteroatoms. The van der Waals surface area contributed by atoms with Crippen LogP contribution in [-0.2, 0) is 54.5 Å². The van der Waals surface area contributed by atoms with Crippen molar-refractivity contribution in [2.24, 2.45) is 11.8 Å². The maximum Gasteiger partial charge on any atom is 0.281 e. The smallest absolute Gasteiger partial charge is 0.281 e. The van der Waals surface area contributed by atoms with E-state index in [1.807, 2.05) is 91.3 Å². The SMILES string of the molecule is CC(C)(C)c1ccnc(C2CC[C@@H]3CN(c4nc(C(C)(C)C)c(/C=C/c5ccccc5)cc4C(=O)NS(=O)(=O)c4cccc(n4)N2)C(C)(C)C3)c1.CC(C)(C)c1ccnc(C2CC[C@@H]3CN(c4nc(C(C)(C)C)c(CCc5ccccc5)cc4C(=O)NS(=O)(=O)c4cccc(n4)N2)C(C)(C)C3)c1. The maximum absolute atomic E-state index is 14.3. The van der Waals surface area contributed by atoms with Crippen molar-refractivity contribution < 1.29 is 26.4 Å². The summed E-state index contributed by atoms with van der Waals surface area (Å²) in [5.74, 6) is 0.941. The zero-order valence-electron chi connectivity index (χ0n) is 62.2. The number of fused-ring (bicyclic) bond motifs is 12. The molecule has 12 rings (SSSR count). The minimum absolute atomic E-state index is 0.0639. The van der Waals surface area contributed by atoms with Crippen molar-refractivity contribution in [1.82, 2.24) is 39.3 Å². The van der Waals surface area contributed by atoms with E-state index in [-0.39, 0.29) is 71.9 Å². The fraction of sp³-hybridized carbons (Fsp3) is 0.439. The summed E-state index contributed by atoms with van der Waals surface area (Å²) in [4.78, 5) is 62.1. The van der Waals surface area contributed by atoms with Crippen molar-refractivity contribution in [1.29, 1.82) is 0 Å². The van der Waals surface area contributed by atoms with Gasteiger partial charge in [-0.3, -0.25) is 19.6 Å². The van der Waals surface area contributed by atoms with Crippen molar-refractivity contribution in [2.75, 3.05) is 33.5 Å². The van der Waals surface area contributed by atoms with Crippen LogP contribution in [0.3, 0.4) is 0 Å². The quantitative estimate of drug-likeness (QED) is 0.116. The second kappa shape index (κ2) is 28.7. The molecule has 102 heavy (non-hydrogen) atoms. The molecule has 2 aromatic carbocycles. The first-order chi connectivity index (χ1) is 47.8. The highest BCUT2D eigenvalue weighted by Gasteiger charge is 2.44. The highest BCUT2D eigenvalue weighted by molar-refractivity contribution is 7.90. The fourth-order valence-electron chi connectivity index (χ4n) is 14.7. The Labute approximate surface area is 605 Å². The van der Waals surface area contributed by atoms with Gasteiger partial charge in [-0.25, -0.2) is 29.4 Å². The number of hydrogen-bond acceptors (Lipinski definition) is 16. The number of nitrogens with one attached hydrogen (secondary N) is 4. The first-order valence-electron chi connectivity index (χ1n) is 35.8. The van der Waals surface area contributed by atoms with E-state index < -0.39 is 31.9 Å². The molecule has 538 valence electrons. The van der Waals surface area contributed by atoms with Crippen LogP contribution < -0.4 is 29.9 Å². The Morgan fingerprint density at radius 3 is 1.37 bits per heavy atom. The molecule has 2 fully saturated rings. The lowest BCUT2D eigenvalue weighted by molar-refractivity contribution is 0.0972. The van der Waals surface area contributed by atoms with Crippen LogP contribution in [0.5, 0.6) is 0 Å². The normalized spacial score (nSPS) is 20.5. The van der Waals surface area contributed by atoms with Gasteiger partial charge in [-0.05, 0) is 196 Å². The van der Waals surface area contributed by atoms with Crippen LogP contribution >= 0.6 is 0 Å². The Hall–Kier alpha value is -8.88. The number of aryl methyl sites for hydroxylation is 2. The van der Waals surface area contributed by atoms with Gasteiger partial charge in [0.15, 0.2) is 10.1 Å². The lowest BCUT2D eigenvalue weighted by Crippen LogP contribution is -2.41. The molecule has 8 bridgehead atoms. The molecular formula is C82H102N12O6S2. The summed E-state index contributed by atoms with van der Waals surface area (Å²) < 4.78 is 60.2. The van der Waals surface area contributed by atoms with Crippen LogP contribution in [0.4, 0.5) is 23.3 Å². The van der Waals surface area contributed by atoms with Gasteiger partial charge in [-0.1, -0.05) is 168 Å². The highest BCUT2D eigenvalue weighted by atomic mass is 32.2. The fourth-order valence-corrected chi connectivity index (χ4v) is 16.5. The molecule has 4 aliphatic rings. The predicted octanol–water partition coefficient (Wildman–Crippen LogP) is 16.2. The molecule has 0 radical (unpaired) electrons. The zero-order valence-corrected chi connectivity index (χ0v) is 63.9. The molecule has 6 aromatic heterocycles. The summed E-state index contributed by atoms with van der Waals surface area (Å²) in [6.07, 6.45) is 14.1. The Bertz CT molecular complexity index is 4670. The third-order valence-electron chi connectivity index (χ3n) is 20.1. The predicted molar refractivity (Wildman–Crippen MR) is 409 cm³/mol. The van der Waals surface area contributed by atoms with E-state index in [0.29, 0.717) is 48.7 Å². The molecule has 0 saturated carbocycles. The average molecular weight is 1420 g/mol. The van der Waals surface area contributed by atoms with Gasteiger partial charge in [0.2, 0.25) is 0 Å². The number of carbonyl (C=O) groups excluding carboxylic acids is 2. The lowest BCUT2D eigenvalue weighted by atomic mass is 9.85. The number of rotatable bonds is 7. The summed E-state index contributed by atoms with van der Waals surface area (Å²) >= 11 is 0. The summed E-state index contributed by atoms with van der Waals surface area (Å²) in [5, 5.41) is 6.52. The lowest BCUT2D eigenvalue weighted by Gasteiger charge is -2.35. The summed E-state index contributed by atoms with van der Waals surface area (Å²) in [5.41, 5.74) is 8.67. The van der Waals surface area contributed by atoms with Crippen molar-refractivity contribution in [3.05, 3.63) is 213 Å². The van der Waals surface area contributed by atoms with Crippen molar-refractivity contribution in [3.63, 3.8) is 0 Å². The number of aromatic nitrogens is 6. The molecule has 0 aliphatic carbocycles. The molecule has 10 heterocycles. The number of anilines is 4. The minimum atomic E-state index is -4.36. The van der Waals surface area contributed by atoms with E-state index in [2.05, 4.69) is 175 Å². The van der Waals surface area contributed by atoms with Gasteiger partial charge < -0.3 is 20.4 Å². The molecule has 2 unspecified atom stereocenters. The number of benzene rings is 2. The van der Waals surface area contributed by atoms with E-state index >= 15 is 0 Å². The van der Waals surface area contributed by atoms with Crippen LogP contribution in [-0.4, -0.2) is 82.7 Å². The van der Waals surface area contributed by atoms with Crippen molar-refractivity contribution in [3.8, 4) is 0 Å². The molecular weight excluding hydrogens is 1310 g/mol. The first-order valence-corrected chi connectivity index (χ1v) is 38.7. The van der Waals surface area contributed by atoms with E-state index in [1.165, 1.54) is 28.8 Å². The summed E-state index contributed by atoms with van der Waals surface area (Å²) in [6.45, 7) is 35.9. The molecule has 4 aliphatic heterocycles. The zero-order chi connectivity index (χ0) is 73.5. The number of hydrogen-bond donors (Lipinski definition) is 4. The van der Waals surface area contributed by atoms with Crippen LogP contribution in [0.25, 0.3) is 12.2 Å². The standard InChI is InChI=1S/C41H52N6O3S.C41H50N6O3S/c2*1-39(2,3)30-21-22-42-33(24-30)32-20-18-28-25-41(7,8)47(26-28)37-31(38(48)46-51(49,50)35-16-12-15-34(43-32)44-35)23-29(36(45-37)40(4,5)6)19-17-27-13-10-9-11-14-27/h9-16,21-24,28,32H,17-20,25-26H2,1-8H3,(H,43,44)(H,46,48);9-17,19,21-24,28,32H,18,20,25-26H2,1-8H3,(H,43,44)(H,46,48)/b;19-17+/t2*28-,32?/m00/s1. The molecule has 18 nitrogen and oxygen atoms in total. The molecule has 2 saturated heterocycles. The van der Waals surface area contributed by atoms with Crippen molar-refractivity contribution >= 4 is 67.3 Å². The Morgan fingerprint density at radius 2 is 0.922 bits per heavy atom. The third kappa shape index (κ3) is 17.3.